The van der Waals surface area contributed by atoms with Crippen molar-refractivity contribution in [3.8, 4) is 0 Å². The number of carboxylic acid groups (broad SMARTS) is 1. The van der Waals surface area contributed by atoms with Crippen molar-refractivity contribution in [3.63, 3.8) is 0 Å². The minimum absolute atomic E-state index is 0.239. The number of rotatable bonds is 4. The predicted octanol–water partition coefficient (Wildman–Crippen LogP) is 3.05. The number of nitrogens with two attached hydrogens (primary N) is 1. The molecule has 4 nitrogen and oxygen atoms in total. The number of carbonyl (C=O) groups is 1. The summed E-state index contributed by atoms with van der Waals surface area (Å²) in [6, 6.07) is 10.3. The van der Waals surface area contributed by atoms with Crippen LogP contribution >= 0.6 is 0 Å². The Morgan fingerprint density at radius 1 is 1.29 bits per heavy atom. The molecule has 0 amide bonds. The highest BCUT2D eigenvalue weighted by molar-refractivity contribution is 5.90. The largest absolute Gasteiger partial charge is 0.478 e. The van der Waals surface area contributed by atoms with Gasteiger partial charge >= 0.3 is 5.97 Å². The highest BCUT2D eigenvalue weighted by Gasteiger charge is 2.15. The van der Waals surface area contributed by atoms with Crippen molar-refractivity contribution < 1.29 is 14.3 Å². The van der Waals surface area contributed by atoms with E-state index in [2.05, 4.69) is 0 Å². The molecule has 0 heterocycles. The monoisotopic (exact) mass is 288 g/mol. The van der Waals surface area contributed by atoms with Crippen LogP contribution in [0.15, 0.2) is 36.4 Å². The van der Waals surface area contributed by atoms with Crippen molar-refractivity contribution in [1.82, 2.24) is 0 Å². The van der Waals surface area contributed by atoms with Gasteiger partial charge < -0.3 is 15.7 Å². The number of carboxylic acids is 1. The second kappa shape index (κ2) is 5.83. The maximum absolute atomic E-state index is 13.8. The first-order valence-electron chi connectivity index (χ1n) is 6.47. The van der Waals surface area contributed by atoms with Gasteiger partial charge in [0.05, 0.1) is 16.9 Å². The molecule has 3 N–H and O–H groups in total. The lowest BCUT2D eigenvalue weighted by atomic mass is 10.1. The fraction of sp³-hybridized carbons (Fsp3) is 0.188. The van der Waals surface area contributed by atoms with Crippen molar-refractivity contribution >= 4 is 17.3 Å². The molecular weight excluding hydrogens is 271 g/mol. The SMILES string of the molecule is Cc1ccc(CN(C)c2cc(F)c(C(=O)O)cc2N)cc1. The zero-order chi connectivity index (χ0) is 15.6. The molecule has 21 heavy (non-hydrogen) atoms. The molecule has 0 radical (unpaired) electrons. The van der Waals surface area contributed by atoms with Crippen molar-refractivity contribution in [2.45, 2.75) is 13.5 Å². The van der Waals surface area contributed by atoms with E-state index in [4.69, 9.17) is 10.8 Å². The summed E-state index contributed by atoms with van der Waals surface area (Å²) in [6.45, 7) is 2.56. The Balaban J connectivity index is 2.27. The number of aryl methyl sites for hydroxylation is 1. The van der Waals surface area contributed by atoms with E-state index in [0.717, 1.165) is 23.3 Å². The smallest absolute Gasteiger partial charge is 0.338 e. The Morgan fingerprint density at radius 2 is 1.90 bits per heavy atom. The summed E-state index contributed by atoms with van der Waals surface area (Å²) in [6.07, 6.45) is 0. The lowest BCUT2D eigenvalue weighted by molar-refractivity contribution is 0.0692. The summed E-state index contributed by atoms with van der Waals surface area (Å²) in [5, 5.41) is 8.87. The van der Waals surface area contributed by atoms with Gasteiger partial charge in [-0.25, -0.2) is 9.18 Å². The number of hydrogen-bond donors (Lipinski definition) is 2. The average molecular weight is 288 g/mol. The first-order valence-corrected chi connectivity index (χ1v) is 6.47. The van der Waals surface area contributed by atoms with Crippen molar-refractivity contribution in [2.75, 3.05) is 17.7 Å². The number of aromatic carboxylic acids is 1. The van der Waals surface area contributed by atoms with Crippen LogP contribution in [0.4, 0.5) is 15.8 Å². The van der Waals surface area contributed by atoms with Crippen LogP contribution in [0.3, 0.4) is 0 Å². The summed E-state index contributed by atoms with van der Waals surface area (Å²) in [7, 11) is 1.78. The molecule has 2 rings (SSSR count). The van der Waals surface area contributed by atoms with Crippen LogP contribution in [0.25, 0.3) is 0 Å². The standard InChI is InChI=1S/C16H17FN2O2/c1-10-3-5-11(6-4-10)9-19(2)15-8-13(17)12(16(20)21)7-14(15)18/h3-8H,9,18H2,1-2H3,(H,20,21). The van der Waals surface area contributed by atoms with Crippen LogP contribution in [-0.2, 0) is 6.54 Å². The van der Waals surface area contributed by atoms with E-state index < -0.39 is 17.3 Å². The summed E-state index contributed by atoms with van der Waals surface area (Å²) in [4.78, 5) is 12.7. The van der Waals surface area contributed by atoms with E-state index in [9.17, 15) is 9.18 Å². The van der Waals surface area contributed by atoms with E-state index in [0.29, 0.717) is 12.2 Å². The molecule has 5 heteroatoms. The van der Waals surface area contributed by atoms with Gasteiger partial charge in [0.1, 0.15) is 5.82 Å². The number of benzene rings is 2. The summed E-state index contributed by atoms with van der Waals surface area (Å²) in [5.41, 5.74) is 8.35. The quantitative estimate of drug-likeness (QED) is 0.849. The molecule has 0 atom stereocenters. The molecular formula is C16H17FN2O2. The normalized spacial score (nSPS) is 10.4. The zero-order valence-corrected chi connectivity index (χ0v) is 11.9. The van der Waals surface area contributed by atoms with Crippen molar-refractivity contribution in [1.29, 1.82) is 0 Å². The Kier molecular flexibility index (Phi) is 4.12. The third-order valence-corrected chi connectivity index (χ3v) is 3.30. The topological polar surface area (TPSA) is 66.6 Å². The summed E-state index contributed by atoms with van der Waals surface area (Å²) in [5.74, 6) is -2.12. The van der Waals surface area contributed by atoms with Gasteiger partial charge in [0.2, 0.25) is 0 Å². The van der Waals surface area contributed by atoms with E-state index in [1.165, 1.54) is 0 Å². The first-order chi connectivity index (χ1) is 9.88. The molecule has 110 valence electrons. The van der Waals surface area contributed by atoms with E-state index in [-0.39, 0.29) is 5.69 Å². The fourth-order valence-corrected chi connectivity index (χ4v) is 2.13. The van der Waals surface area contributed by atoms with Gasteiger partial charge in [0, 0.05) is 19.7 Å². The maximum Gasteiger partial charge on any atom is 0.338 e. The van der Waals surface area contributed by atoms with Gasteiger partial charge in [0.25, 0.3) is 0 Å². The highest BCUT2D eigenvalue weighted by atomic mass is 19.1. The van der Waals surface area contributed by atoms with Crippen LogP contribution in [0.2, 0.25) is 0 Å². The molecule has 0 aromatic heterocycles. The zero-order valence-electron chi connectivity index (χ0n) is 11.9. The predicted molar refractivity (Wildman–Crippen MR) is 81.1 cm³/mol. The Hall–Kier alpha value is -2.56. The van der Waals surface area contributed by atoms with E-state index in [1.54, 1.807) is 11.9 Å². The molecule has 0 spiro atoms. The highest BCUT2D eigenvalue weighted by Crippen LogP contribution is 2.27. The van der Waals surface area contributed by atoms with Gasteiger partial charge in [0.15, 0.2) is 0 Å². The first kappa shape index (κ1) is 14.8. The molecule has 0 aliphatic heterocycles. The second-order valence-electron chi connectivity index (χ2n) is 5.04. The summed E-state index contributed by atoms with van der Waals surface area (Å²) < 4.78 is 13.8. The van der Waals surface area contributed by atoms with Crippen molar-refractivity contribution in [3.05, 3.63) is 58.9 Å². The third-order valence-electron chi connectivity index (χ3n) is 3.30. The van der Waals surface area contributed by atoms with Gasteiger partial charge in [-0.05, 0) is 18.6 Å². The molecule has 2 aromatic carbocycles. The lowest BCUT2D eigenvalue weighted by Gasteiger charge is -2.22. The average Bonchev–Trinajstić information content (AvgIpc) is 2.43. The minimum Gasteiger partial charge on any atom is -0.478 e. The maximum atomic E-state index is 13.8. The van der Waals surface area contributed by atoms with E-state index >= 15 is 0 Å². The van der Waals surface area contributed by atoms with Crippen molar-refractivity contribution in [2.24, 2.45) is 0 Å². The Labute approximate surface area is 122 Å². The molecule has 0 unspecified atom stereocenters. The Bertz CT molecular complexity index is 669. The van der Waals surface area contributed by atoms with Crippen LogP contribution in [0.1, 0.15) is 21.5 Å². The molecule has 0 fully saturated rings. The van der Waals surface area contributed by atoms with Crippen LogP contribution < -0.4 is 10.6 Å². The van der Waals surface area contributed by atoms with Crippen LogP contribution in [0, 0.1) is 12.7 Å². The number of nitrogen functional groups attached to an aromatic ring is 1. The van der Waals surface area contributed by atoms with Gasteiger partial charge in [-0.1, -0.05) is 29.8 Å². The fourth-order valence-electron chi connectivity index (χ4n) is 2.13. The van der Waals surface area contributed by atoms with Gasteiger partial charge in [-0.2, -0.15) is 0 Å². The molecule has 0 saturated carbocycles. The third kappa shape index (κ3) is 3.31. The lowest BCUT2D eigenvalue weighted by Crippen LogP contribution is -2.18. The van der Waals surface area contributed by atoms with Crippen LogP contribution in [0.5, 0.6) is 0 Å². The minimum atomic E-state index is -1.33. The molecule has 0 bridgehead atoms. The molecule has 0 aliphatic rings. The number of hydrogen-bond acceptors (Lipinski definition) is 3. The number of nitrogens with zero attached hydrogens (tertiary/aromatic N) is 1. The molecule has 0 saturated heterocycles. The molecule has 0 aliphatic carbocycles. The van der Waals surface area contributed by atoms with Gasteiger partial charge in [-0.15, -0.1) is 0 Å². The van der Waals surface area contributed by atoms with Gasteiger partial charge in [-0.3, -0.25) is 0 Å². The number of halogens is 1. The summed E-state index contributed by atoms with van der Waals surface area (Å²) >= 11 is 0. The van der Waals surface area contributed by atoms with Crippen LogP contribution in [-0.4, -0.2) is 18.1 Å². The number of anilines is 2. The second-order valence-corrected chi connectivity index (χ2v) is 5.04. The Morgan fingerprint density at radius 3 is 2.48 bits per heavy atom. The van der Waals surface area contributed by atoms with E-state index in [1.807, 2.05) is 31.2 Å². The molecule has 2 aromatic rings.